The minimum atomic E-state index is -0.182. The van der Waals surface area contributed by atoms with Crippen LogP contribution in [0.1, 0.15) is 18.1 Å². The molecule has 0 aliphatic rings. The zero-order valence-corrected chi connectivity index (χ0v) is 19.7. The van der Waals surface area contributed by atoms with Gasteiger partial charge in [0.15, 0.2) is 0 Å². The molecule has 174 valence electrons. The average Bonchev–Trinajstić information content (AvgIpc) is 3.29. The van der Waals surface area contributed by atoms with Crippen molar-refractivity contribution in [3.8, 4) is 28.4 Å². The van der Waals surface area contributed by atoms with Gasteiger partial charge in [-0.25, -0.2) is 0 Å². The van der Waals surface area contributed by atoms with Crippen LogP contribution in [0.2, 0.25) is 0 Å². The first kappa shape index (κ1) is 23.0. The maximum absolute atomic E-state index is 12.6. The number of hydrogen-bond acceptors (Lipinski definition) is 5. The van der Waals surface area contributed by atoms with Gasteiger partial charge < -0.3 is 23.9 Å². The molecule has 34 heavy (non-hydrogen) atoms. The fourth-order valence-corrected chi connectivity index (χ4v) is 3.78. The zero-order valence-electron chi connectivity index (χ0n) is 19.7. The number of fused-ring (bicyclic) bond motifs is 1. The lowest BCUT2D eigenvalue weighted by Crippen LogP contribution is -2.20. The van der Waals surface area contributed by atoms with E-state index in [-0.39, 0.29) is 5.91 Å². The van der Waals surface area contributed by atoms with Crippen molar-refractivity contribution in [3.63, 3.8) is 0 Å². The molecule has 4 rings (SSSR count). The number of carbonyl (C=O) groups is 1. The molecule has 0 atom stereocenters. The fourth-order valence-electron chi connectivity index (χ4n) is 3.78. The predicted octanol–water partition coefficient (Wildman–Crippen LogP) is 5.85. The highest BCUT2D eigenvalue weighted by molar-refractivity contribution is 6.00. The van der Waals surface area contributed by atoms with Crippen LogP contribution >= 0.6 is 0 Å². The van der Waals surface area contributed by atoms with Gasteiger partial charge in [-0.05, 0) is 54.0 Å². The van der Waals surface area contributed by atoms with Gasteiger partial charge >= 0.3 is 0 Å². The number of rotatable bonds is 8. The first-order chi connectivity index (χ1) is 16.5. The van der Waals surface area contributed by atoms with Gasteiger partial charge in [0.25, 0.3) is 0 Å². The van der Waals surface area contributed by atoms with Gasteiger partial charge in [0.1, 0.15) is 22.8 Å². The van der Waals surface area contributed by atoms with Crippen molar-refractivity contribution in [2.75, 3.05) is 21.3 Å². The number of carbonyl (C=O) groups excluding carboxylic acids is 1. The Kier molecular flexibility index (Phi) is 6.87. The van der Waals surface area contributed by atoms with Gasteiger partial charge in [-0.2, -0.15) is 0 Å². The summed E-state index contributed by atoms with van der Waals surface area (Å²) in [5.74, 6) is 2.03. The fraction of sp³-hybridized carbons (Fsp3) is 0.179. The number of amides is 1. The molecule has 1 amide bonds. The van der Waals surface area contributed by atoms with Crippen LogP contribution in [0, 0.1) is 0 Å². The Morgan fingerprint density at radius 1 is 0.912 bits per heavy atom. The van der Waals surface area contributed by atoms with Gasteiger partial charge in [0.2, 0.25) is 5.91 Å². The molecule has 0 bridgehead atoms. The third kappa shape index (κ3) is 4.91. The summed E-state index contributed by atoms with van der Waals surface area (Å²) in [6.07, 6.45) is 3.32. The van der Waals surface area contributed by atoms with Gasteiger partial charge in [-0.3, -0.25) is 4.79 Å². The number of allylic oxidation sites excluding steroid dienone is 1. The summed E-state index contributed by atoms with van der Waals surface area (Å²) in [6.45, 7) is 2.32. The molecule has 0 aliphatic carbocycles. The van der Waals surface area contributed by atoms with Crippen LogP contribution < -0.4 is 19.5 Å². The Hall–Kier alpha value is -4.19. The van der Waals surface area contributed by atoms with Crippen LogP contribution in [-0.2, 0) is 11.3 Å². The number of methoxy groups -OCH3 is 3. The molecule has 3 aromatic carbocycles. The number of benzene rings is 3. The van der Waals surface area contributed by atoms with Crippen molar-refractivity contribution in [3.05, 3.63) is 84.1 Å². The van der Waals surface area contributed by atoms with Crippen molar-refractivity contribution in [1.82, 2.24) is 5.32 Å². The third-order valence-corrected chi connectivity index (χ3v) is 5.69. The van der Waals surface area contributed by atoms with Crippen molar-refractivity contribution in [2.24, 2.45) is 0 Å². The maximum atomic E-state index is 12.6. The molecule has 0 spiro atoms. The molecule has 4 aromatic rings. The SMILES string of the molecule is COc1ccc(CNC(=O)/C=C(\C)c2cc3c(-c4ccc(OC)cc4)coc3cc2OC)cc1. The highest BCUT2D eigenvalue weighted by atomic mass is 16.5. The maximum Gasteiger partial charge on any atom is 0.244 e. The zero-order chi connectivity index (χ0) is 24.1. The molecule has 0 fully saturated rings. The number of nitrogens with one attached hydrogen (secondary N) is 1. The summed E-state index contributed by atoms with van der Waals surface area (Å²) in [5.41, 5.74) is 5.27. The van der Waals surface area contributed by atoms with Crippen molar-refractivity contribution < 1.29 is 23.4 Å². The largest absolute Gasteiger partial charge is 0.497 e. The minimum Gasteiger partial charge on any atom is -0.497 e. The monoisotopic (exact) mass is 457 g/mol. The third-order valence-electron chi connectivity index (χ3n) is 5.69. The highest BCUT2D eigenvalue weighted by Gasteiger charge is 2.15. The quantitative estimate of drug-likeness (QED) is 0.336. The molecule has 1 N–H and O–H groups in total. The summed E-state index contributed by atoms with van der Waals surface area (Å²) in [6, 6.07) is 19.2. The molecule has 0 saturated heterocycles. The number of ether oxygens (including phenoxy) is 3. The summed E-state index contributed by atoms with van der Waals surface area (Å²) < 4.78 is 21.8. The number of hydrogen-bond donors (Lipinski definition) is 1. The van der Waals surface area contributed by atoms with Crippen LogP contribution in [0.4, 0.5) is 0 Å². The van der Waals surface area contributed by atoms with E-state index in [1.165, 1.54) is 0 Å². The van der Waals surface area contributed by atoms with Crippen LogP contribution in [0.25, 0.3) is 27.7 Å². The van der Waals surface area contributed by atoms with Crippen LogP contribution in [-0.4, -0.2) is 27.2 Å². The highest BCUT2D eigenvalue weighted by Crippen LogP contribution is 2.37. The smallest absolute Gasteiger partial charge is 0.244 e. The second kappa shape index (κ2) is 10.2. The minimum absolute atomic E-state index is 0.182. The lowest BCUT2D eigenvalue weighted by atomic mass is 9.99. The second-order valence-corrected chi connectivity index (χ2v) is 7.82. The number of furan rings is 1. The normalized spacial score (nSPS) is 11.4. The van der Waals surface area contributed by atoms with E-state index in [1.54, 1.807) is 33.7 Å². The Labute approximate surface area is 198 Å². The van der Waals surface area contributed by atoms with Gasteiger partial charge in [0, 0.05) is 35.2 Å². The van der Waals surface area contributed by atoms with Crippen LogP contribution in [0.3, 0.4) is 0 Å². The van der Waals surface area contributed by atoms with E-state index in [0.29, 0.717) is 17.9 Å². The van der Waals surface area contributed by atoms with Gasteiger partial charge in [-0.1, -0.05) is 24.3 Å². The van der Waals surface area contributed by atoms with Crippen molar-refractivity contribution in [2.45, 2.75) is 13.5 Å². The summed E-state index contributed by atoms with van der Waals surface area (Å²) >= 11 is 0. The molecule has 0 unspecified atom stereocenters. The van der Waals surface area contributed by atoms with E-state index in [4.69, 9.17) is 18.6 Å². The molecular formula is C28H27NO5. The Morgan fingerprint density at radius 2 is 1.56 bits per heavy atom. The predicted molar refractivity (Wildman–Crippen MR) is 133 cm³/mol. The van der Waals surface area contributed by atoms with Crippen molar-refractivity contribution >= 4 is 22.4 Å². The topological polar surface area (TPSA) is 69.9 Å². The van der Waals surface area contributed by atoms with E-state index >= 15 is 0 Å². The first-order valence-electron chi connectivity index (χ1n) is 10.9. The van der Waals surface area contributed by atoms with E-state index in [9.17, 15) is 4.79 Å². The Bertz CT molecular complexity index is 1320. The lowest BCUT2D eigenvalue weighted by molar-refractivity contribution is -0.116. The average molecular weight is 458 g/mol. The molecule has 1 heterocycles. The van der Waals surface area contributed by atoms with Gasteiger partial charge in [0.05, 0.1) is 27.6 Å². The summed E-state index contributed by atoms with van der Waals surface area (Å²) in [7, 11) is 4.87. The van der Waals surface area contributed by atoms with E-state index < -0.39 is 0 Å². The van der Waals surface area contributed by atoms with E-state index in [1.807, 2.05) is 67.6 Å². The van der Waals surface area contributed by atoms with Gasteiger partial charge in [-0.15, -0.1) is 0 Å². The first-order valence-corrected chi connectivity index (χ1v) is 10.9. The second-order valence-electron chi connectivity index (χ2n) is 7.82. The lowest BCUT2D eigenvalue weighted by Gasteiger charge is -2.10. The summed E-state index contributed by atoms with van der Waals surface area (Å²) in [5, 5.41) is 3.86. The Balaban J connectivity index is 1.59. The molecule has 0 aliphatic heterocycles. The molecule has 0 radical (unpaired) electrons. The molecule has 1 aromatic heterocycles. The Morgan fingerprint density at radius 3 is 2.18 bits per heavy atom. The van der Waals surface area contributed by atoms with Crippen molar-refractivity contribution in [1.29, 1.82) is 0 Å². The molecule has 6 heteroatoms. The molecule has 0 saturated carbocycles. The molecule has 6 nitrogen and oxygen atoms in total. The van der Waals surface area contributed by atoms with E-state index in [2.05, 4.69) is 5.32 Å². The van der Waals surface area contributed by atoms with E-state index in [0.717, 1.165) is 44.7 Å². The molecular weight excluding hydrogens is 430 g/mol. The van der Waals surface area contributed by atoms with Crippen LogP contribution in [0.5, 0.6) is 17.2 Å². The van der Waals surface area contributed by atoms with Crippen LogP contribution in [0.15, 0.2) is 77.4 Å². The summed E-state index contributed by atoms with van der Waals surface area (Å²) in [4.78, 5) is 12.6. The standard InChI is InChI=1S/C28H27NO5/c1-18(13-28(30)29-16-19-5-9-21(31-2)10-6-19)23-14-24-25(17-34-27(24)15-26(23)33-4)20-7-11-22(32-3)12-8-20/h5-15,17H,16H2,1-4H3,(H,29,30)/b18-13+.